The average Bonchev–Trinajstić information content (AvgIpc) is 1.99. The van der Waals surface area contributed by atoms with Gasteiger partial charge in [-0.15, -0.1) is 0 Å². The first-order valence-electron chi connectivity index (χ1n) is 3.57. The fraction of sp³-hybridized carbons (Fsp3) is 0. The lowest BCUT2D eigenvalue weighted by Crippen LogP contribution is -2.02. The predicted molar refractivity (Wildman–Crippen MR) is 46.0 cm³/mol. The van der Waals surface area contributed by atoms with Crippen LogP contribution in [0.25, 0.3) is 0 Å². The highest BCUT2D eigenvalue weighted by Gasteiger charge is 2.21. The van der Waals surface area contributed by atoms with E-state index in [9.17, 15) is 13.8 Å². The molecule has 3 N–H and O–H groups in total. The number of carboxylic acid groups (broad SMARTS) is 1. The van der Waals surface area contributed by atoms with Gasteiger partial charge in [0.1, 0.15) is 17.1 Å². The third-order valence-electron chi connectivity index (χ3n) is 1.39. The third-order valence-corrected chi connectivity index (χ3v) is 1.83. The zero-order valence-electron chi connectivity index (χ0n) is 7.12. The molecular formula is C7H6FO6P. The number of hydrogen-bond donors (Lipinski definition) is 3. The molecule has 1 rings (SSSR count). The van der Waals surface area contributed by atoms with Crippen LogP contribution in [-0.2, 0) is 4.57 Å². The van der Waals surface area contributed by atoms with Gasteiger partial charge >= 0.3 is 13.8 Å². The standard InChI is InChI=1S/C7H6FO6P/c8-4-1-2-5(7(9)10)6(3-4)14-15(11,12)13/h1-3H,(H,9,10)(H2,11,12,13). The van der Waals surface area contributed by atoms with E-state index in [2.05, 4.69) is 4.52 Å². The monoisotopic (exact) mass is 236 g/mol. The summed E-state index contributed by atoms with van der Waals surface area (Å²) >= 11 is 0. The highest BCUT2D eigenvalue weighted by molar-refractivity contribution is 7.46. The quantitative estimate of drug-likeness (QED) is 0.676. The minimum atomic E-state index is -4.90. The van der Waals surface area contributed by atoms with Crippen LogP contribution < -0.4 is 4.52 Å². The van der Waals surface area contributed by atoms with Gasteiger partial charge in [-0.25, -0.2) is 13.8 Å². The largest absolute Gasteiger partial charge is 0.524 e. The molecule has 15 heavy (non-hydrogen) atoms. The van der Waals surface area contributed by atoms with Crippen molar-refractivity contribution < 1.29 is 33.2 Å². The zero-order valence-corrected chi connectivity index (χ0v) is 8.02. The van der Waals surface area contributed by atoms with Crippen molar-refractivity contribution in [3.8, 4) is 5.75 Å². The van der Waals surface area contributed by atoms with Crippen LogP contribution in [0, 0.1) is 5.82 Å². The summed E-state index contributed by atoms with van der Waals surface area (Å²) in [6, 6.07) is 2.28. The molecule has 0 saturated carbocycles. The van der Waals surface area contributed by atoms with Crippen molar-refractivity contribution in [2.75, 3.05) is 0 Å². The van der Waals surface area contributed by atoms with Gasteiger partial charge < -0.3 is 9.63 Å². The predicted octanol–water partition coefficient (Wildman–Crippen LogP) is 0.995. The molecule has 0 spiro atoms. The van der Waals surface area contributed by atoms with Crippen molar-refractivity contribution in [3.63, 3.8) is 0 Å². The fourth-order valence-electron chi connectivity index (χ4n) is 0.876. The Balaban J connectivity index is 3.19. The van der Waals surface area contributed by atoms with Crippen LogP contribution in [0.5, 0.6) is 5.75 Å². The lowest BCUT2D eigenvalue weighted by atomic mass is 10.2. The Morgan fingerprint density at radius 3 is 2.47 bits per heavy atom. The SMILES string of the molecule is O=C(O)c1ccc(F)cc1OP(=O)(O)O. The molecule has 0 bridgehead atoms. The van der Waals surface area contributed by atoms with Crippen molar-refractivity contribution in [1.82, 2.24) is 0 Å². The Morgan fingerprint density at radius 1 is 1.40 bits per heavy atom. The van der Waals surface area contributed by atoms with Gasteiger partial charge in [-0.2, -0.15) is 0 Å². The molecule has 0 aromatic heterocycles. The van der Waals surface area contributed by atoms with E-state index in [4.69, 9.17) is 14.9 Å². The molecule has 1 aromatic rings. The molecule has 0 aliphatic rings. The maximum atomic E-state index is 12.7. The summed E-state index contributed by atoms with van der Waals surface area (Å²) in [4.78, 5) is 27.4. The minimum Gasteiger partial charge on any atom is -0.478 e. The first kappa shape index (κ1) is 11.6. The van der Waals surface area contributed by atoms with Gasteiger partial charge in [0.2, 0.25) is 0 Å². The molecule has 0 amide bonds. The maximum absolute atomic E-state index is 12.7. The van der Waals surface area contributed by atoms with E-state index in [0.29, 0.717) is 6.07 Å². The summed E-state index contributed by atoms with van der Waals surface area (Å²) in [6.45, 7) is 0. The second-order valence-corrected chi connectivity index (χ2v) is 3.69. The summed E-state index contributed by atoms with van der Waals surface area (Å²) in [7, 11) is -4.90. The van der Waals surface area contributed by atoms with Gasteiger partial charge in [0.25, 0.3) is 0 Å². The molecule has 8 heteroatoms. The van der Waals surface area contributed by atoms with E-state index in [1.165, 1.54) is 0 Å². The number of phosphoric acid groups is 1. The number of hydrogen-bond acceptors (Lipinski definition) is 3. The summed E-state index contributed by atoms with van der Waals surface area (Å²) < 4.78 is 27.1. The molecule has 0 aliphatic carbocycles. The van der Waals surface area contributed by atoms with Crippen LogP contribution in [0.15, 0.2) is 18.2 Å². The molecule has 0 radical (unpaired) electrons. The van der Waals surface area contributed by atoms with Crippen LogP contribution in [0.4, 0.5) is 4.39 Å². The summed E-state index contributed by atoms with van der Waals surface area (Å²) in [5, 5.41) is 8.60. The van der Waals surface area contributed by atoms with Crippen molar-refractivity contribution in [3.05, 3.63) is 29.6 Å². The Labute approximate surface area is 83.2 Å². The van der Waals surface area contributed by atoms with Crippen LogP contribution in [0.2, 0.25) is 0 Å². The second-order valence-electron chi connectivity index (χ2n) is 2.53. The summed E-state index contributed by atoms with van der Waals surface area (Å²) in [6.07, 6.45) is 0. The van der Waals surface area contributed by atoms with Crippen molar-refractivity contribution in [2.24, 2.45) is 0 Å². The molecule has 1 aromatic carbocycles. The van der Waals surface area contributed by atoms with Gasteiger partial charge in [0, 0.05) is 6.07 Å². The van der Waals surface area contributed by atoms with Gasteiger partial charge in [-0.05, 0) is 12.1 Å². The fourth-order valence-corrected chi connectivity index (χ4v) is 1.28. The number of rotatable bonds is 3. The Kier molecular flexibility index (Phi) is 3.09. The number of carboxylic acids is 1. The van der Waals surface area contributed by atoms with E-state index in [1.807, 2.05) is 0 Å². The molecular weight excluding hydrogens is 230 g/mol. The van der Waals surface area contributed by atoms with E-state index >= 15 is 0 Å². The number of phosphoric ester groups is 1. The highest BCUT2D eigenvalue weighted by Crippen LogP contribution is 2.39. The van der Waals surface area contributed by atoms with Gasteiger partial charge in [0.15, 0.2) is 0 Å². The number of halogens is 1. The minimum absolute atomic E-state index is 0.528. The van der Waals surface area contributed by atoms with Gasteiger partial charge in [0.05, 0.1) is 0 Å². The Hall–Kier alpha value is -1.43. The lowest BCUT2D eigenvalue weighted by Gasteiger charge is -2.09. The average molecular weight is 236 g/mol. The van der Waals surface area contributed by atoms with Crippen LogP contribution in [0.3, 0.4) is 0 Å². The van der Waals surface area contributed by atoms with Crippen LogP contribution >= 0.6 is 7.82 Å². The number of carbonyl (C=O) groups is 1. The lowest BCUT2D eigenvalue weighted by molar-refractivity contribution is 0.0694. The molecule has 0 fully saturated rings. The van der Waals surface area contributed by atoms with Crippen molar-refractivity contribution >= 4 is 13.8 Å². The summed E-state index contributed by atoms with van der Waals surface area (Å²) in [5.41, 5.74) is -0.528. The molecule has 82 valence electrons. The van der Waals surface area contributed by atoms with E-state index in [0.717, 1.165) is 12.1 Å². The molecule has 0 heterocycles. The summed E-state index contributed by atoms with van der Waals surface area (Å²) in [5.74, 6) is -3.04. The first-order chi connectivity index (χ1) is 6.79. The third kappa shape index (κ3) is 3.32. The molecule has 0 saturated heterocycles. The smallest absolute Gasteiger partial charge is 0.478 e. The van der Waals surface area contributed by atoms with E-state index in [-0.39, 0.29) is 0 Å². The highest BCUT2D eigenvalue weighted by atomic mass is 31.2. The molecule has 0 unspecified atom stereocenters. The van der Waals surface area contributed by atoms with E-state index in [1.54, 1.807) is 0 Å². The molecule has 6 nitrogen and oxygen atoms in total. The topological polar surface area (TPSA) is 104 Å². The Morgan fingerprint density at radius 2 is 2.00 bits per heavy atom. The van der Waals surface area contributed by atoms with Crippen LogP contribution in [-0.4, -0.2) is 20.9 Å². The van der Waals surface area contributed by atoms with Crippen LogP contribution in [0.1, 0.15) is 10.4 Å². The second kappa shape index (κ2) is 3.98. The normalized spacial score (nSPS) is 11.1. The van der Waals surface area contributed by atoms with Gasteiger partial charge in [-0.3, -0.25) is 9.79 Å². The number of aromatic carboxylic acids is 1. The van der Waals surface area contributed by atoms with Crippen molar-refractivity contribution in [2.45, 2.75) is 0 Å². The Bertz CT molecular complexity index is 439. The van der Waals surface area contributed by atoms with E-state index < -0.39 is 30.9 Å². The molecule has 0 aliphatic heterocycles. The van der Waals surface area contributed by atoms with Gasteiger partial charge in [-0.1, -0.05) is 0 Å². The zero-order chi connectivity index (χ0) is 11.6. The first-order valence-corrected chi connectivity index (χ1v) is 5.10. The van der Waals surface area contributed by atoms with Crippen molar-refractivity contribution in [1.29, 1.82) is 0 Å². The maximum Gasteiger partial charge on any atom is 0.524 e. The number of benzene rings is 1. The molecule has 0 atom stereocenters.